The minimum Gasteiger partial charge on any atom is -0.444 e. The molecular weight excluding hydrogens is 592 g/mol. The number of fused-ring (bicyclic) bond motifs is 1. The molecule has 46 heavy (non-hydrogen) atoms. The molecule has 0 spiro atoms. The summed E-state index contributed by atoms with van der Waals surface area (Å²) in [7, 11) is 1.65. The number of carbonyl (C=O) groups excluding carboxylic acids is 3. The topological polar surface area (TPSA) is 157 Å². The first-order valence-corrected chi connectivity index (χ1v) is 15.5. The van der Waals surface area contributed by atoms with Crippen molar-refractivity contribution in [3.8, 4) is 0 Å². The lowest BCUT2D eigenvalue weighted by Crippen LogP contribution is -2.51. The second-order valence-electron chi connectivity index (χ2n) is 13.7. The van der Waals surface area contributed by atoms with Gasteiger partial charge in [-0.15, -0.1) is 0 Å². The van der Waals surface area contributed by atoms with Crippen LogP contribution in [-0.4, -0.2) is 72.1 Å². The highest BCUT2D eigenvalue weighted by atomic mass is 16.6. The van der Waals surface area contributed by atoms with Crippen molar-refractivity contribution in [1.82, 2.24) is 15.3 Å². The zero-order valence-corrected chi connectivity index (χ0v) is 28.0. The van der Waals surface area contributed by atoms with Gasteiger partial charge in [-0.2, -0.15) is 0 Å². The van der Waals surface area contributed by atoms with E-state index in [1.54, 1.807) is 52.5 Å². The molecule has 1 fully saturated rings. The molecule has 0 bridgehead atoms. The summed E-state index contributed by atoms with van der Waals surface area (Å²) in [6.45, 7) is 14.6. The quantitative estimate of drug-likeness (QED) is 0.233. The lowest BCUT2D eigenvalue weighted by atomic mass is 9.95. The Bertz CT molecular complexity index is 1540. The SMILES string of the molecule is COCCCc1cnc2c(C(=O)Nc3cnccc3N3CC(C)CC(NC(=O)OC(C)(C)C)C3)c(NC(=O)OC(C)(C)C)oc2c1. The van der Waals surface area contributed by atoms with Crippen LogP contribution < -0.4 is 20.9 Å². The van der Waals surface area contributed by atoms with Gasteiger partial charge in [0.05, 0.1) is 17.6 Å². The van der Waals surface area contributed by atoms with Crippen LogP contribution in [0.1, 0.15) is 77.2 Å². The fourth-order valence-electron chi connectivity index (χ4n) is 5.34. The molecule has 3 aromatic rings. The van der Waals surface area contributed by atoms with Gasteiger partial charge in [0.1, 0.15) is 22.3 Å². The summed E-state index contributed by atoms with van der Waals surface area (Å²) in [6, 6.07) is 3.45. The molecule has 250 valence electrons. The van der Waals surface area contributed by atoms with Crippen LogP contribution in [-0.2, 0) is 20.6 Å². The first kappa shape index (κ1) is 34.5. The number of nitrogens with zero attached hydrogens (tertiary/aromatic N) is 3. The third-order valence-corrected chi connectivity index (χ3v) is 7.01. The fraction of sp³-hybridized carbons (Fsp3) is 0.545. The van der Waals surface area contributed by atoms with Gasteiger partial charge in [0.25, 0.3) is 5.91 Å². The number of carbonyl (C=O) groups is 3. The number of piperidine rings is 1. The number of hydrogen-bond donors (Lipinski definition) is 3. The van der Waals surface area contributed by atoms with Gasteiger partial charge in [-0.1, -0.05) is 6.92 Å². The van der Waals surface area contributed by atoms with E-state index < -0.39 is 29.3 Å². The van der Waals surface area contributed by atoms with Gasteiger partial charge in [-0.05, 0) is 84.4 Å². The molecule has 0 aromatic carbocycles. The molecule has 0 radical (unpaired) electrons. The monoisotopic (exact) mass is 638 g/mol. The molecule has 13 nitrogen and oxygen atoms in total. The molecule has 3 aromatic heterocycles. The van der Waals surface area contributed by atoms with Gasteiger partial charge in [0.2, 0.25) is 5.88 Å². The number of furan rings is 1. The van der Waals surface area contributed by atoms with E-state index >= 15 is 0 Å². The van der Waals surface area contributed by atoms with Crippen LogP contribution in [0.5, 0.6) is 0 Å². The molecule has 2 unspecified atom stereocenters. The van der Waals surface area contributed by atoms with E-state index in [2.05, 4.69) is 37.7 Å². The molecule has 0 aliphatic carbocycles. The molecule has 13 heteroatoms. The number of aromatic nitrogens is 2. The second-order valence-corrected chi connectivity index (χ2v) is 13.7. The number of pyridine rings is 2. The Hall–Kier alpha value is -4.39. The van der Waals surface area contributed by atoms with Crippen LogP contribution in [0.25, 0.3) is 11.1 Å². The van der Waals surface area contributed by atoms with Gasteiger partial charge in [-0.25, -0.2) is 9.59 Å². The molecule has 1 aliphatic heterocycles. The van der Waals surface area contributed by atoms with Gasteiger partial charge >= 0.3 is 12.2 Å². The molecule has 1 saturated heterocycles. The van der Waals surface area contributed by atoms with E-state index in [0.717, 1.165) is 24.1 Å². The lowest BCUT2D eigenvalue weighted by molar-refractivity contribution is 0.0494. The first-order valence-electron chi connectivity index (χ1n) is 15.5. The van der Waals surface area contributed by atoms with Gasteiger partial charge in [-0.3, -0.25) is 20.1 Å². The predicted molar refractivity (Wildman–Crippen MR) is 175 cm³/mol. The normalized spacial score (nSPS) is 17.0. The maximum atomic E-state index is 14.0. The molecule has 3 N–H and O–H groups in total. The van der Waals surface area contributed by atoms with Crippen molar-refractivity contribution in [3.63, 3.8) is 0 Å². The van der Waals surface area contributed by atoms with Crippen molar-refractivity contribution in [2.45, 2.75) is 85.0 Å². The number of ether oxygens (including phenoxy) is 3. The van der Waals surface area contributed by atoms with E-state index in [-0.39, 0.29) is 28.9 Å². The summed E-state index contributed by atoms with van der Waals surface area (Å²) < 4.78 is 22.0. The zero-order valence-electron chi connectivity index (χ0n) is 28.0. The Kier molecular flexibility index (Phi) is 10.8. The van der Waals surface area contributed by atoms with Gasteiger partial charge < -0.3 is 34.2 Å². The summed E-state index contributed by atoms with van der Waals surface area (Å²) in [6.07, 6.45) is 5.92. The summed E-state index contributed by atoms with van der Waals surface area (Å²) in [5.41, 5.74) is 1.39. The Balaban J connectivity index is 1.61. The van der Waals surface area contributed by atoms with Gasteiger partial charge in [0, 0.05) is 45.2 Å². The summed E-state index contributed by atoms with van der Waals surface area (Å²) in [5, 5.41) is 8.54. The third-order valence-electron chi connectivity index (χ3n) is 7.01. The lowest BCUT2D eigenvalue weighted by Gasteiger charge is -2.39. The highest BCUT2D eigenvalue weighted by Gasteiger charge is 2.31. The maximum Gasteiger partial charge on any atom is 0.414 e. The highest BCUT2D eigenvalue weighted by Crippen LogP contribution is 2.34. The Morgan fingerprint density at radius 1 is 1.02 bits per heavy atom. The number of rotatable bonds is 9. The molecule has 1 aliphatic rings. The largest absolute Gasteiger partial charge is 0.444 e. The van der Waals surface area contributed by atoms with Crippen LogP contribution in [0.4, 0.5) is 26.8 Å². The van der Waals surface area contributed by atoms with Gasteiger partial charge in [0.15, 0.2) is 5.58 Å². The van der Waals surface area contributed by atoms with Crippen LogP contribution in [0, 0.1) is 5.92 Å². The summed E-state index contributed by atoms with van der Waals surface area (Å²) >= 11 is 0. The van der Waals surface area contributed by atoms with Crippen LogP contribution in [0.2, 0.25) is 0 Å². The number of alkyl carbamates (subject to hydrolysis) is 1. The van der Waals surface area contributed by atoms with Crippen molar-refractivity contribution in [3.05, 3.63) is 41.9 Å². The standard InChI is InChI=1S/C33H46N6O7/c1-20-14-22(36-30(41)45-32(2,3)4)19-39(18-20)24-11-12-34-17-23(24)37-28(40)26-27-25(15-21(16-35-27)10-9-13-43-8)44-29(26)38-31(42)46-33(5,6)7/h11-12,15-17,20,22H,9-10,13-14,18-19H2,1-8H3,(H,36,41)(H,37,40)(H,38,42). The number of methoxy groups -OCH3 is 1. The number of anilines is 3. The summed E-state index contributed by atoms with van der Waals surface area (Å²) in [4.78, 5) is 50.1. The van der Waals surface area contributed by atoms with Crippen LogP contribution in [0.3, 0.4) is 0 Å². The van der Waals surface area contributed by atoms with E-state index in [4.69, 9.17) is 18.6 Å². The van der Waals surface area contributed by atoms with E-state index in [0.29, 0.717) is 37.4 Å². The Morgan fingerprint density at radius 3 is 2.43 bits per heavy atom. The minimum atomic E-state index is -0.770. The number of aryl methyl sites for hydroxylation is 1. The molecule has 4 heterocycles. The fourth-order valence-corrected chi connectivity index (χ4v) is 5.34. The molecule has 4 rings (SSSR count). The van der Waals surface area contributed by atoms with Crippen molar-refractivity contribution in [1.29, 1.82) is 0 Å². The van der Waals surface area contributed by atoms with Crippen LogP contribution >= 0.6 is 0 Å². The van der Waals surface area contributed by atoms with Crippen LogP contribution in [0.15, 0.2) is 35.1 Å². The number of amides is 3. The van der Waals surface area contributed by atoms with E-state index in [1.165, 1.54) is 0 Å². The average molecular weight is 639 g/mol. The summed E-state index contributed by atoms with van der Waals surface area (Å²) in [5.74, 6) is -0.385. The number of nitrogens with one attached hydrogen (secondary N) is 3. The minimum absolute atomic E-state index is 0.0515. The molecular formula is C33H46N6O7. The van der Waals surface area contributed by atoms with Crippen molar-refractivity contribution in [2.24, 2.45) is 5.92 Å². The molecule has 3 amide bonds. The number of hydrogen-bond acceptors (Lipinski definition) is 10. The third kappa shape index (κ3) is 9.56. The van der Waals surface area contributed by atoms with Crippen molar-refractivity contribution >= 4 is 46.5 Å². The maximum absolute atomic E-state index is 14.0. The Morgan fingerprint density at radius 2 is 1.74 bits per heavy atom. The van der Waals surface area contributed by atoms with Crippen molar-refractivity contribution in [2.75, 3.05) is 42.3 Å². The zero-order chi connectivity index (χ0) is 33.6. The average Bonchev–Trinajstić information content (AvgIpc) is 3.27. The molecule has 0 saturated carbocycles. The Labute approximate surface area is 269 Å². The second kappa shape index (κ2) is 14.4. The molecule has 2 atom stereocenters. The van der Waals surface area contributed by atoms with E-state index in [9.17, 15) is 14.4 Å². The van der Waals surface area contributed by atoms with Crippen molar-refractivity contribution < 1.29 is 33.0 Å². The predicted octanol–water partition coefficient (Wildman–Crippen LogP) is 6.14. The smallest absolute Gasteiger partial charge is 0.414 e. The first-order chi connectivity index (χ1) is 21.6. The highest BCUT2D eigenvalue weighted by molar-refractivity contribution is 6.16. The van der Waals surface area contributed by atoms with E-state index in [1.807, 2.05) is 26.8 Å².